The molecule has 2 fully saturated rings. The van der Waals surface area contributed by atoms with Gasteiger partial charge in [-0.15, -0.1) is 0 Å². The van der Waals surface area contributed by atoms with E-state index in [1.165, 1.54) is 0 Å². The fourth-order valence-electron chi connectivity index (χ4n) is 4.38. The normalized spacial score (nSPS) is 24.1. The molecule has 0 radical (unpaired) electrons. The predicted octanol–water partition coefficient (Wildman–Crippen LogP) is 1.62. The first-order valence-corrected chi connectivity index (χ1v) is 13.2. The summed E-state index contributed by atoms with van der Waals surface area (Å²) in [7, 11) is -0.695. The molecule has 1 aliphatic heterocycles. The zero-order valence-electron chi connectivity index (χ0n) is 19.1. The van der Waals surface area contributed by atoms with E-state index in [2.05, 4.69) is 37.3 Å². The van der Waals surface area contributed by atoms with Crippen molar-refractivity contribution in [3.63, 3.8) is 0 Å². The second-order valence-electron chi connectivity index (χ2n) is 8.29. The summed E-state index contributed by atoms with van der Waals surface area (Å²) in [6, 6.07) is 2.23. The summed E-state index contributed by atoms with van der Waals surface area (Å²) in [4.78, 5) is 18.3. The van der Waals surface area contributed by atoms with E-state index in [1.54, 1.807) is 12.4 Å². The highest BCUT2D eigenvalue weighted by molar-refractivity contribution is 7.85. The number of aliphatic imine (C=N–C) groups is 1. The third kappa shape index (κ3) is 7.71. The Morgan fingerprint density at radius 2 is 1.97 bits per heavy atom. The van der Waals surface area contributed by atoms with Crippen LogP contribution in [-0.4, -0.2) is 87.9 Å². The van der Waals surface area contributed by atoms with Crippen LogP contribution in [0.3, 0.4) is 0 Å². The van der Waals surface area contributed by atoms with Gasteiger partial charge >= 0.3 is 0 Å². The zero-order chi connectivity index (χ0) is 21.9. The largest absolute Gasteiger partial charge is 0.357 e. The molecule has 0 amide bonds. The SMILES string of the molecule is CCNC(=NCCCN1CCN(c2ncccn2)CC1)NC1CCCC(S(=O)CC)C1. The molecule has 1 saturated heterocycles. The van der Waals surface area contributed by atoms with Crippen LogP contribution in [0.5, 0.6) is 0 Å². The molecule has 2 N–H and O–H groups in total. The number of nitrogens with zero attached hydrogens (tertiary/aromatic N) is 5. The second kappa shape index (κ2) is 13.0. The Labute approximate surface area is 189 Å². The van der Waals surface area contributed by atoms with Crippen molar-refractivity contribution in [1.29, 1.82) is 0 Å². The Balaban J connectivity index is 1.38. The van der Waals surface area contributed by atoms with Crippen molar-refractivity contribution in [2.45, 2.75) is 57.2 Å². The molecule has 3 atom stereocenters. The van der Waals surface area contributed by atoms with Gasteiger partial charge in [-0.2, -0.15) is 0 Å². The van der Waals surface area contributed by atoms with Crippen molar-refractivity contribution in [1.82, 2.24) is 25.5 Å². The van der Waals surface area contributed by atoms with Crippen LogP contribution in [0.15, 0.2) is 23.5 Å². The maximum atomic E-state index is 12.2. The summed E-state index contributed by atoms with van der Waals surface area (Å²) in [5.74, 6) is 2.50. The van der Waals surface area contributed by atoms with Crippen LogP contribution >= 0.6 is 0 Å². The van der Waals surface area contributed by atoms with Crippen molar-refractivity contribution in [3.8, 4) is 0 Å². The molecule has 2 heterocycles. The van der Waals surface area contributed by atoms with Crippen molar-refractivity contribution in [2.75, 3.05) is 56.5 Å². The van der Waals surface area contributed by atoms with Crippen molar-refractivity contribution in [3.05, 3.63) is 18.5 Å². The summed E-state index contributed by atoms with van der Waals surface area (Å²) >= 11 is 0. The molecule has 1 aromatic rings. The van der Waals surface area contributed by atoms with Gasteiger partial charge in [-0.1, -0.05) is 13.3 Å². The Morgan fingerprint density at radius 1 is 1.19 bits per heavy atom. The molecule has 1 aliphatic carbocycles. The van der Waals surface area contributed by atoms with E-state index in [9.17, 15) is 4.21 Å². The van der Waals surface area contributed by atoms with Crippen LogP contribution < -0.4 is 15.5 Å². The van der Waals surface area contributed by atoms with E-state index < -0.39 is 10.8 Å². The first kappa shape index (κ1) is 23.9. The van der Waals surface area contributed by atoms with E-state index in [-0.39, 0.29) is 0 Å². The molecular weight excluding hydrogens is 410 g/mol. The Morgan fingerprint density at radius 3 is 2.68 bits per heavy atom. The van der Waals surface area contributed by atoms with Gasteiger partial charge < -0.3 is 15.5 Å². The van der Waals surface area contributed by atoms with Gasteiger partial charge in [0.25, 0.3) is 0 Å². The summed E-state index contributed by atoms with van der Waals surface area (Å²) in [5.41, 5.74) is 0. The molecule has 3 rings (SSSR count). The van der Waals surface area contributed by atoms with Crippen LogP contribution in [0.2, 0.25) is 0 Å². The number of aromatic nitrogens is 2. The lowest BCUT2D eigenvalue weighted by molar-refractivity contribution is 0.255. The number of anilines is 1. The van der Waals surface area contributed by atoms with Crippen molar-refractivity contribution >= 4 is 22.7 Å². The summed E-state index contributed by atoms with van der Waals surface area (Å²) in [5, 5.41) is 7.31. The third-order valence-corrected chi connectivity index (χ3v) is 7.82. The maximum absolute atomic E-state index is 12.2. The Kier molecular flexibility index (Phi) is 9.99. The Hall–Kier alpha value is -1.74. The van der Waals surface area contributed by atoms with Crippen molar-refractivity contribution < 1.29 is 4.21 Å². The molecular formula is C22H39N7OS. The van der Waals surface area contributed by atoms with Gasteiger partial charge in [0.15, 0.2) is 5.96 Å². The Bertz CT molecular complexity index is 694. The molecule has 3 unspecified atom stereocenters. The third-order valence-electron chi connectivity index (χ3n) is 6.08. The number of guanidine groups is 1. The van der Waals surface area contributed by atoms with E-state index >= 15 is 0 Å². The quantitative estimate of drug-likeness (QED) is 0.337. The molecule has 0 bridgehead atoms. The van der Waals surface area contributed by atoms with Crippen LogP contribution in [0.25, 0.3) is 0 Å². The van der Waals surface area contributed by atoms with Crippen LogP contribution in [0.4, 0.5) is 5.95 Å². The minimum atomic E-state index is -0.695. The van der Waals surface area contributed by atoms with Gasteiger partial charge in [-0.05, 0) is 38.7 Å². The van der Waals surface area contributed by atoms with Crippen LogP contribution in [-0.2, 0) is 10.8 Å². The molecule has 1 aromatic heterocycles. The lowest BCUT2D eigenvalue weighted by Crippen LogP contribution is -2.47. The first-order chi connectivity index (χ1) is 15.2. The number of hydrogen-bond acceptors (Lipinski definition) is 6. The molecule has 9 heteroatoms. The first-order valence-electron chi connectivity index (χ1n) is 11.9. The van der Waals surface area contributed by atoms with Gasteiger partial charge in [0, 0.05) is 86.1 Å². The molecule has 174 valence electrons. The van der Waals surface area contributed by atoms with E-state index in [0.717, 1.165) is 95.6 Å². The van der Waals surface area contributed by atoms with Gasteiger partial charge in [0.2, 0.25) is 5.95 Å². The molecule has 2 aliphatic rings. The number of hydrogen-bond donors (Lipinski definition) is 2. The van der Waals surface area contributed by atoms with Crippen LogP contribution in [0.1, 0.15) is 46.0 Å². The average molecular weight is 450 g/mol. The fourth-order valence-corrected chi connectivity index (χ4v) is 5.72. The highest BCUT2D eigenvalue weighted by Crippen LogP contribution is 2.23. The summed E-state index contributed by atoms with van der Waals surface area (Å²) < 4.78 is 12.2. The van der Waals surface area contributed by atoms with Gasteiger partial charge in [0.05, 0.1) is 0 Å². The molecule has 1 saturated carbocycles. The maximum Gasteiger partial charge on any atom is 0.225 e. The lowest BCUT2D eigenvalue weighted by Gasteiger charge is -2.34. The zero-order valence-corrected chi connectivity index (χ0v) is 19.9. The minimum absolute atomic E-state index is 0.332. The number of piperazine rings is 1. The standard InChI is InChI=1S/C22H39N7OS/c1-3-23-21(27-19-8-5-9-20(18-19)31(30)4-2)24-12-7-13-28-14-16-29(17-15-28)22-25-10-6-11-26-22/h6,10-11,19-20H,3-5,7-9,12-18H2,1-2H3,(H2,23,24,27). The molecule has 31 heavy (non-hydrogen) atoms. The molecule has 0 spiro atoms. The van der Waals surface area contributed by atoms with E-state index in [4.69, 9.17) is 4.99 Å². The summed E-state index contributed by atoms with van der Waals surface area (Å²) in [6.07, 6.45) is 9.02. The molecule has 8 nitrogen and oxygen atoms in total. The van der Waals surface area contributed by atoms with E-state index in [1.807, 2.05) is 13.0 Å². The lowest BCUT2D eigenvalue weighted by atomic mass is 9.95. The highest BCUT2D eigenvalue weighted by atomic mass is 32.2. The predicted molar refractivity (Wildman–Crippen MR) is 129 cm³/mol. The van der Waals surface area contributed by atoms with Crippen LogP contribution in [0, 0.1) is 0 Å². The minimum Gasteiger partial charge on any atom is -0.357 e. The van der Waals surface area contributed by atoms with Gasteiger partial charge in [-0.25, -0.2) is 9.97 Å². The van der Waals surface area contributed by atoms with E-state index in [0.29, 0.717) is 11.3 Å². The topological polar surface area (TPSA) is 85.8 Å². The molecule has 0 aromatic carbocycles. The van der Waals surface area contributed by atoms with Gasteiger partial charge in [-0.3, -0.25) is 14.1 Å². The van der Waals surface area contributed by atoms with Gasteiger partial charge in [0.1, 0.15) is 0 Å². The monoisotopic (exact) mass is 449 g/mol. The highest BCUT2D eigenvalue weighted by Gasteiger charge is 2.26. The number of nitrogens with one attached hydrogen (secondary N) is 2. The van der Waals surface area contributed by atoms with Crippen molar-refractivity contribution in [2.24, 2.45) is 4.99 Å². The smallest absolute Gasteiger partial charge is 0.225 e. The fraction of sp³-hybridized carbons (Fsp3) is 0.773. The second-order valence-corrected chi connectivity index (χ2v) is 10.3. The average Bonchev–Trinajstić information content (AvgIpc) is 2.82. The summed E-state index contributed by atoms with van der Waals surface area (Å²) in [6.45, 7) is 10.9. The number of rotatable bonds is 9.